The molecule has 0 heterocycles. The van der Waals surface area contributed by atoms with Gasteiger partial charge in [0.1, 0.15) is 0 Å². The second-order valence-electron chi connectivity index (χ2n) is 3.20. The van der Waals surface area contributed by atoms with E-state index in [1.165, 1.54) is 11.1 Å². The maximum absolute atomic E-state index is 3.25. The Morgan fingerprint density at radius 1 is 1.23 bits per heavy atom. The van der Waals surface area contributed by atoms with Crippen LogP contribution in [0.3, 0.4) is 0 Å². The molecule has 0 saturated carbocycles. The van der Waals surface area contributed by atoms with Crippen LogP contribution >= 0.6 is 0 Å². The van der Waals surface area contributed by atoms with Crippen molar-refractivity contribution in [2.45, 2.75) is 19.9 Å². The monoisotopic (exact) mass is 175 g/mol. The molecule has 1 aromatic carbocycles. The summed E-state index contributed by atoms with van der Waals surface area (Å²) in [6.45, 7) is 4.15. The molecule has 0 unspecified atom stereocenters. The predicted molar refractivity (Wildman–Crippen MR) is 57.8 cm³/mol. The summed E-state index contributed by atoms with van der Waals surface area (Å²) in [5.41, 5.74) is 2.62. The number of likely N-dealkylation sites (N-methyl/N-ethyl adjacent to an activating group) is 1. The fourth-order valence-electron chi connectivity index (χ4n) is 1.34. The Bertz CT molecular complexity index is 272. The van der Waals surface area contributed by atoms with E-state index < -0.39 is 0 Å². The molecule has 0 radical (unpaired) electrons. The Balaban J connectivity index is 2.85. The molecule has 1 atom stereocenters. The zero-order valence-corrected chi connectivity index (χ0v) is 8.54. The van der Waals surface area contributed by atoms with Gasteiger partial charge in [0.2, 0.25) is 0 Å². The average Bonchev–Trinajstić information content (AvgIpc) is 2.16. The maximum atomic E-state index is 3.25. The third kappa shape index (κ3) is 2.71. The lowest BCUT2D eigenvalue weighted by Gasteiger charge is -2.11. The molecule has 0 aromatic heterocycles. The van der Waals surface area contributed by atoms with Gasteiger partial charge in [-0.1, -0.05) is 42.0 Å². The van der Waals surface area contributed by atoms with Crippen molar-refractivity contribution in [3.8, 4) is 0 Å². The van der Waals surface area contributed by atoms with Gasteiger partial charge in [-0.25, -0.2) is 0 Å². The summed E-state index contributed by atoms with van der Waals surface area (Å²) in [5, 5.41) is 3.25. The molecule has 1 nitrogen and oxygen atoms in total. The average molecular weight is 175 g/mol. The number of aryl methyl sites for hydroxylation is 1. The summed E-state index contributed by atoms with van der Waals surface area (Å²) in [4.78, 5) is 0. The second kappa shape index (κ2) is 4.83. The third-order valence-corrected chi connectivity index (χ3v) is 2.13. The Morgan fingerprint density at radius 3 is 2.31 bits per heavy atom. The highest BCUT2D eigenvalue weighted by Crippen LogP contribution is 2.14. The molecular formula is C12H17N. The highest BCUT2D eigenvalue weighted by molar-refractivity contribution is 5.26. The van der Waals surface area contributed by atoms with Crippen LogP contribution < -0.4 is 5.32 Å². The van der Waals surface area contributed by atoms with Gasteiger partial charge >= 0.3 is 0 Å². The summed E-state index contributed by atoms with van der Waals surface area (Å²) >= 11 is 0. The van der Waals surface area contributed by atoms with Crippen LogP contribution in [0, 0.1) is 6.92 Å². The standard InChI is InChI=1S/C12H17N/c1-4-5-12(13-3)11-8-6-10(2)7-9-11/h4-9,12-13H,1-3H3/b5-4-/t12-/m1/s1. The molecule has 0 aliphatic carbocycles. The predicted octanol–water partition coefficient (Wildman–Crippen LogP) is 2.83. The largest absolute Gasteiger partial charge is 0.310 e. The van der Waals surface area contributed by atoms with E-state index >= 15 is 0 Å². The Morgan fingerprint density at radius 2 is 1.85 bits per heavy atom. The molecule has 1 N–H and O–H groups in total. The molecule has 70 valence electrons. The molecule has 0 fully saturated rings. The van der Waals surface area contributed by atoms with Crippen LogP contribution in [0.4, 0.5) is 0 Å². The number of allylic oxidation sites excluding steroid dienone is 1. The molecule has 0 aliphatic heterocycles. The van der Waals surface area contributed by atoms with Gasteiger partial charge in [-0.2, -0.15) is 0 Å². The summed E-state index contributed by atoms with van der Waals surface area (Å²) in [6.07, 6.45) is 4.23. The van der Waals surface area contributed by atoms with E-state index in [4.69, 9.17) is 0 Å². The fraction of sp³-hybridized carbons (Fsp3) is 0.333. The van der Waals surface area contributed by atoms with Crippen molar-refractivity contribution in [2.24, 2.45) is 0 Å². The highest BCUT2D eigenvalue weighted by atomic mass is 14.9. The first-order valence-electron chi connectivity index (χ1n) is 4.64. The van der Waals surface area contributed by atoms with Crippen LogP contribution in [0.1, 0.15) is 24.1 Å². The topological polar surface area (TPSA) is 12.0 Å². The zero-order chi connectivity index (χ0) is 9.68. The highest BCUT2D eigenvalue weighted by Gasteiger charge is 2.02. The van der Waals surface area contributed by atoms with Crippen LogP contribution in [0.25, 0.3) is 0 Å². The van der Waals surface area contributed by atoms with E-state index in [1.807, 2.05) is 14.0 Å². The minimum atomic E-state index is 0.339. The van der Waals surface area contributed by atoms with Crippen LogP contribution in [-0.2, 0) is 0 Å². The normalized spacial score (nSPS) is 13.5. The number of hydrogen-bond donors (Lipinski definition) is 1. The van der Waals surface area contributed by atoms with E-state index in [2.05, 4.69) is 48.7 Å². The van der Waals surface area contributed by atoms with Crippen molar-refractivity contribution in [1.29, 1.82) is 0 Å². The van der Waals surface area contributed by atoms with Gasteiger partial charge in [-0.15, -0.1) is 0 Å². The minimum absolute atomic E-state index is 0.339. The summed E-state index contributed by atoms with van der Waals surface area (Å²) in [5.74, 6) is 0. The smallest absolute Gasteiger partial charge is 0.0503 e. The van der Waals surface area contributed by atoms with E-state index in [9.17, 15) is 0 Å². The van der Waals surface area contributed by atoms with Crippen LogP contribution in [0.15, 0.2) is 36.4 Å². The molecule has 0 bridgehead atoms. The third-order valence-electron chi connectivity index (χ3n) is 2.13. The van der Waals surface area contributed by atoms with Crippen LogP contribution in [0.2, 0.25) is 0 Å². The van der Waals surface area contributed by atoms with E-state index in [0.29, 0.717) is 6.04 Å². The first-order chi connectivity index (χ1) is 6.27. The van der Waals surface area contributed by atoms with E-state index in [0.717, 1.165) is 0 Å². The lowest BCUT2D eigenvalue weighted by Crippen LogP contribution is -2.13. The molecule has 1 heteroatoms. The molecule has 1 rings (SSSR count). The van der Waals surface area contributed by atoms with Gasteiger partial charge in [0.15, 0.2) is 0 Å². The first kappa shape index (κ1) is 10.0. The lowest BCUT2D eigenvalue weighted by molar-refractivity contribution is 0.714. The van der Waals surface area contributed by atoms with Gasteiger partial charge in [-0.05, 0) is 26.5 Å². The van der Waals surface area contributed by atoms with Gasteiger partial charge < -0.3 is 5.32 Å². The molecule has 0 spiro atoms. The molecule has 13 heavy (non-hydrogen) atoms. The number of nitrogens with one attached hydrogen (secondary N) is 1. The fourth-order valence-corrected chi connectivity index (χ4v) is 1.34. The van der Waals surface area contributed by atoms with Crippen molar-refractivity contribution in [3.05, 3.63) is 47.5 Å². The van der Waals surface area contributed by atoms with Crippen molar-refractivity contribution in [2.75, 3.05) is 7.05 Å². The first-order valence-corrected chi connectivity index (χ1v) is 4.64. The zero-order valence-electron chi connectivity index (χ0n) is 8.54. The van der Waals surface area contributed by atoms with Crippen molar-refractivity contribution < 1.29 is 0 Å². The Hall–Kier alpha value is -1.08. The van der Waals surface area contributed by atoms with Gasteiger partial charge in [0.25, 0.3) is 0 Å². The van der Waals surface area contributed by atoms with Crippen LogP contribution in [0.5, 0.6) is 0 Å². The number of benzene rings is 1. The van der Waals surface area contributed by atoms with Crippen molar-refractivity contribution in [3.63, 3.8) is 0 Å². The number of rotatable bonds is 3. The lowest BCUT2D eigenvalue weighted by atomic mass is 10.1. The van der Waals surface area contributed by atoms with Crippen LogP contribution in [-0.4, -0.2) is 7.05 Å². The van der Waals surface area contributed by atoms with Gasteiger partial charge in [0.05, 0.1) is 6.04 Å². The summed E-state index contributed by atoms with van der Waals surface area (Å²) < 4.78 is 0. The minimum Gasteiger partial charge on any atom is -0.310 e. The molecule has 0 saturated heterocycles. The second-order valence-corrected chi connectivity index (χ2v) is 3.20. The Kier molecular flexibility index (Phi) is 3.71. The number of hydrogen-bond acceptors (Lipinski definition) is 1. The van der Waals surface area contributed by atoms with E-state index in [-0.39, 0.29) is 0 Å². The van der Waals surface area contributed by atoms with Gasteiger partial charge in [-0.3, -0.25) is 0 Å². The van der Waals surface area contributed by atoms with Gasteiger partial charge in [0, 0.05) is 0 Å². The molecular weight excluding hydrogens is 158 g/mol. The molecule has 1 aromatic rings. The SMILES string of the molecule is C/C=C\[C@@H](NC)c1ccc(C)cc1. The van der Waals surface area contributed by atoms with Crippen molar-refractivity contribution in [1.82, 2.24) is 5.32 Å². The maximum Gasteiger partial charge on any atom is 0.0503 e. The summed E-state index contributed by atoms with van der Waals surface area (Å²) in [7, 11) is 1.98. The quantitative estimate of drug-likeness (QED) is 0.696. The molecule has 0 amide bonds. The van der Waals surface area contributed by atoms with Crippen molar-refractivity contribution >= 4 is 0 Å². The molecule has 0 aliphatic rings. The van der Waals surface area contributed by atoms with E-state index in [1.54, 1.807) is 0 Å². The summed E-state index contributed by atoms with van der Waals surface area (Å²) in [6, 6.07) is 8.95. The Labute approximate surface area is 80.5 Å².